The first-order valence-corrected chi connectivity index (χ1v) is 4.46. The topological polar surface area (TPSA) is 36.3 Å². The van der Waals surface area contributed by atoms with Gasteiger partial charge in [-0.05, 0) is 0 Å². The molecule has 0 saturated carbocycles. The maximum atomic E-state index is 5.24. The molecule has 0 fully saturated rings. The van der Waals surface area contributed by atoms with Gasteiger partial charge in [0.2, 0.25) is 0 Å². The number of hydrogen-bond donors (Lipinski definition) is 0. The Bertz CT molecular complexity index is 294. The van der Waals surface area contributed by atoms with Crippen LogP contribution in [-0.2, 0) is 29.5 Å². The number of rotatable bonds is 6. The van der Waals surface area contributed by atoms with Crippen LogP contribution in [0.3, 0.4) is 0 Å². The number of hydrogen-bond acceptors (Lipinski definition) is 3. The summed E-state index contributed by atoms with van der Waals surface area (Å²) in [6.07, 6.45) is 4.45. The lowest BCUT2D eigenvalue weighted by Crippen LogP contribution is -2.02. The summed E-state index contributed by atoms with van der Waals surface area (Å²) < 4.78 is 12.0. The molecule has 78 valence electrons. The predicted octanol–water partition coefficient (Wildman–Crippen LogP) is 1.27. The lowest BCUT2D eigenvalue weighted by atomic mass is 10.2. The van der Waals surface area contributed by atoms with E-state index in [1.165, 1.54) is 0 Å². The molecular formula is C10H16N2O2. The van der Waals surface area contributed by atoms with Crippen LogP contribution in [0.25, 0.3) is 0 Å². The fourth-order valence-electron chi connectivity index (χ4n) is 1.24. The first kappa shape index (κ1) is 10.9. The van der Waals surface area contributed by atoms with Crippen LogP contribution >= 0.6 is 0 Å². The molecule has 1 aromatic heterocycles. The first-order chi connectivity index (χ1) is 6.79. The van der Waals surface area contributed by atoms with Gasteiger partial charge >= 0.3 is 0 Å². The maximum absolute atomic E-state index is 5.24. The van der Waals surface area contributed by atoms with E-state index in [0.29, 0.717) is 13.4 Å². The highest BCUT2D eigenvalue weighted by Crippen LogP contribution is 2.08. The number of ether oxygens (including phenoxy) is 2. The molecular weight excluding hydrogens is 180 g/mol. The fraction of sp³-hybridized carbons (Fsp3) is 0.500. The van der Waals surface area contributed by atoms with E-state index >= 15 is 0 Å². The van der Waals surface area contributed by atoms with Gasteiger partial charge in [-0.1, -0.05) is 6.08 Å². The highest BCUT2D eigenvalue weighted by atomic mass is 16.7. The van der Waals surface area contributed by atoms with Crippen molar-refractivity contribution in [3.8, 4) is 0 Å². The zero-order valence-electron chi connectivity index (χ0n) is 8.69. The summed E-state index contributed by atoms with van der Waals surface area (Å²) in [5.41, 5.74) is 2.08. The van der Waals surface area contributed by atoms with E-state index in [1.807, 2.05) is 17.7 Å². The van der Waals surface area contributed by atoms with Gasteiger partial charge in [0.1, 0.15) is 6.79 Å². The summed E-state index contributed by atoms with van der Waals surface area (Å²) in [5, 5.41) is 0. The Kier molecular flexibility index (Phi) is 4.35. The number of allylic oxidation sites excluding steroid dienone is 1. The molecule has 4 nitrogen and oxygen atoms in total. The molecule has 0 spiro atoms. The van der Waals surface area contributed by atoms with Crippen LogP contribution in [-0.4, -0.2) is 23.5 Å². The van der Waals surface area contributed by atoms with E-state index in [9.17, 15) is 0 Å². The van der Waals surface area contributed by atoms with Crippen molar-refractivity contribution in [2.75, 3.05) is 13.9 Å². The number of aromatic nitrogens is 2. The highest BCUT2D eigenvalue weighted by Gasteiger charge is 2.06. The average molecular weight is 196 g/mol. The monoisotopic (exact) mass is 196 g/mol. The maximum Gasteiger partial charge on any atom is 0.146 e. The van der Waals surface area contributed by atoms with Gasteiger partial charge in [-0.3, -0.25) is 0 Å². The van der Waals surface area contributed by atoms with Crippen molar-refractivity contribution in [3.05, 3.63) is 30.4 Å². The van der Waals surface area contributed by atoms with Crippen LogP contribution in [0.4, 0.5) is 0 Å². The van der Waals surface area contributed by atoms with E-state index in [4.69, 9.17) is 9.47 Å². The Morgan fingerprint density at radius 2 is 2.43 bits per heavy atom. The van der Waals surface area contributed by atoms with Gasteiger partial charge in [-0.2, -0.15) is 0 Å². The largest absolute Gasteiger partial charge is 0.359 e. The quantitative estimate of drug-likeness (QED) is 0.390. The summed E-state index contributed by atoms with van der Waals surface area (Å²) in [4.78, 5) is 4.24. The number of methoxy groups -OCH3 is 1. The third-order valence-electron chi connectivity index (χ3n) is 1.92. The Labute approximate surface area is 84.2 Å². The standard InChI is InChI=1S/C10H16N2O2/c1-4-5-10-9(6-14-8-13-3)11-7-12(10)2/h4,7H,1,5-6,8H2,2-3H3. The molecule has 0 atom stereocenters. The molecule has 0 radical (unpaired) electrons. The van der Waals surface area contributed by atoms with Gasteiger partial charge in [-0.15, -0.1) is 6.58 Å². The Morgan fingerprint density at radius 3 is 3.07 bits per heavy atom. The Hall–Kier alpha value is -1.13. The smallest absolute Gasteiger partial charge is 0.146 e. The summed E-state index contributed by atoms with van der Waals surface area (Å²) in [6, 6.07) is 0. The molecule has 1 rings (SSSR count). The van der Waals surface area contributed by atoms with Crippen molar-refractivity contribution >= 4 is 0 Å². The summed E-state index contributed by atoms with van der Waals surface area (Å²) in [7, 11) is 3.56. The Balaban J connectivity index is 2.60. The lowest BCUT2D eigenvalue weighted by molar-refractivity contribution is -0.0402. The summed E-state index contributed by atoms with van der Waals surface area (Å²) >= 11 is 0. The highest BCUT2D eigenvalue weighted by molar-refractivity contribution is 5.14. The minimum atomic E-state index is 0.296. The van der Waals surface area contributed by atoms with Crippen LogP contribution in [0, 0.1) is 0 Å². The third-order valence-corrected chi connectivity index (χ3v) is 1.92. The van der Waals surface area contributed by atoms with Crippen molar-refractivity contribution < 1.29 is 9.47 Å². The first-order valence-electron chi connectivity index (χ1n) is 4.46. The zero-order valence-corrected chi connectivity index (χ0v) is 8.69. The third kappa shape index (κ3) is 2.68. The molecule has 1 aromatic rings. The van der Waals surface area contributed by atoms with Gasteiger partial charge in [0.05, 0.1) is 18.6 Å². The van der Waals surface area contributed by atoms with E-state index < -0.39 is 0 Å². The van der Waals surface area contributed by atoms with Crippen LogP contribution in [0.5, 0.6) is 0 Å². The minimum Gasteiger partial charge on any atom is -0.359 e. The van der Waals surface area contributed by atoms with Gasteiger partial charge in [0.15, 0.2) is 0 Å². The van der Waals surface area contributed by atoms with Gasteiger partial charge in [0, 0.05) is 26.3 Å². The number of nitrogens with zero attached hydrogens (tertiary/aromatic N) is 2. The van der Waals surface area contributed by atoms with Crippen molar-refractivity contribution in [1.82, 2.24) is 9.55 Å². The molecule has 0 aromatic carbocycles. The van der Waals surface area contributed by atoms with E-state index in [0.717, 1.165) is 17.8 Å². The normalized spacial score (nSPS) is 10.4. The second kappa shape index (κ2) is 5.57. The van der Waals surface area contributed by atoms with Gasteiger partial charge in [-0.25, -0.2) is 4.98 Å². The Morgan fingerprint density at radius 1 is 1.64 bits per heavy atom. The molecule has 0 saturated heterocycles. The van der Waals surface area contributed by atoms with E-state index in [1.54, 1.807) is 13.4 Å². The molecule has 0 aliphatic carbocycles. The minimum absolute atomic E-state index is 0.296. The van der Waals surface area contributed by atoms with E-state index in [-0.39, 0.29) is 0 Å². The van der Waals surface area contributed by atoms with Crippen LogP contribution in [0.2, 0.25) is 0 Å². The lowest BCUT2D eigenvalue weighted by Gasteiger charge is -2.04. The average Bonchev–Trinajstić information content (AvgIpc) is 2.51. The molecule has 0 N–H and O–H groups in total. The molecule has 4 heteroatoms. The fourth-order valence-corrected chi connectivity index (χ4v) is 1.24. The molecule has 0 unspecified atom stereocenters. The van der Waals surface area contributed by atoms with Crippen molar-refractivity contribution in [1.29, 1.82) is 0 Å². The van der Waals surface area contributed by atoms with Gasteiger partial charge < -0.3 is 14.0 Å². The molecule has 0 amide bonds. The van der Waals surface area contributed by atoms with Crippen molar-refractivity contribution in [2.24, 2.45) is 7.05 Å². The van der Waals surface area contributed by atoms with Crippen molar-refractivity contribution in [3.63, 3.8) is 0 Å². The van der Waals surface area contributed by atoms with Gasteiger partial charge in [0.25, 0.3) is 0 Å². The molecule has 1 heterocycles. The van der Waals surface area contributed by atoms with Crippen LogP contribution in [0.1, 0.15) is 11.4 Å². The molecule has 0 bridgehead atoms. The molecule has 0 aliphatic rings. The number of aryl methyl sites for hydroxylation is 1. The molecule has 0 aliphatic heterocycles. The number of imidazole rings is 1. The summed E-state index contributed by atoms with van der Waals surface area (Å²) in [6.45, 7) is 4.49. The van der Waals surface area contributed by atoms with Crippen LogP contribution in [0.15, 0.2) is 19.0 Å². The van der Waals surface area contributed by atoms with Crippen molar-refractivity contribution in [2.45, 2.75) is 13.0 Å². The van der Waals surface area contributed by atoms with Crippen LogP contribution < -0.4 is 0 Å². The zero-order chi connectivity index (χ0) is 10.4. The second-order valence-corrected chi connectivity index (χ2v) is 3.00. The SMILES string of the molecule is C=CCc1c(COCOC)ncn1C. The molecule has 14 heavy (non-hydrogen) atoms. The summed E-state index contributed by atoms with van der Waals surface area (Å²) in [5.74, 6) is 0. The van der Waals surface area contributed by atoms with E-state index in [2.05, 4.69) is 11.6 Å². The second-order valence-electron chi connectivity index (χ2n) is 3.00. The predicted molar refractivity (Wildman–Crippen MR) is 53.8 cm³/mol.